The monoisotopic (exact) mass is 784 g/mol. The minimum Gasteiger partial charge on any atom is -0.366 e. The number of likely N-dealkylation sites (tertiary alicyclic amines) is 1. The summed E-state index contributed by atoms with van der Waals surface area (Å²) in [4.78, 5) is 84.9. The van der Waals surface area contributed by atoms with Gasteiger partial charge in [-0.05, 0) is 74.9 Å². The molecule has 1 heterocycles. The number of urea groups is 1. The molecule has 2 aliphatic carbocycles. The average Bonchev–Trinajstić information content (AvgIpc) is 3.56. The average molecular weight is 785 g/mol. The van der Waals surface area contributed by atoms with Gasteiger partial charge in [-0.25, -0.2) is 4.79 Å². The van der Waals surface area contributed by atoms with Crippen LogP contribution in [0, 0.1) is 28.6 Å². The number of rotatable bonds is 17. The molecular weight excluding hydrogens is 717 g/mol. The lowest BCUT2D eigenvalue weighted by atomic mass is 9.68. The van der Waals surface area contributed by atoms with Gasteiger partial charge in [0, 0.05) is 49.1 Å². The summed E-state index contributed by atoms with van der Waals surface area (Å²) in [5.74, 6) is 0.668. The Balaban J connectivity index is 1.52. The fourth-order valence-corrected chi connectivity index (χ4v) is 9.28. The number of likely N-dealkylation sites (N-methyl/N-ethyl adjacent to an activating group) is 1. The van der Waals surface area contributed by atoms with Crippen LogP contribution in [-0.4, -0.2) is 91.0 Å². The third kappa shape index (κ3) is 9.12. The fourth-order valence-electron chi connectivity index (χ4n) is 8.97. The van der Waals surface area contributed by atoms with E-state index in [2.05, 4.69) is 55.5 Å². The topological polar surface area (TPSA) is 157 Å². The molecule has 0 radical (unpaired) electrons. The number of carbonyl (C=O) groups excluding carboxylic acids is 4. The van der Waals surface area contributed by atoms with Crippen molar-refractivity contribution in [3.63, 3.8) is 0 Å². The van der Waals surface area contributed by atoms with Crippen molar-refractivity contribution in [1.29, 1.82) is 0 Å². The highest BCUT2D eigenvalue weighted by Crippen LogP contribution is 2.56. The van der Waals surface area contributed by atoms with Gasteiger partial charge < -0.3 is 31.1 Å². The molecule has 4 N–H and O–H groups in total. The second-order valence-electron chi connectivity index (χ2n) is 18.1. The summed E-state index contributed by atoms with van der Waals surface area (Å²) >= 11 is 1.63. The fraction of sp³-hybridized carbons (Fsp3) is 0.762. The second-order valence-corrected chi connectivity index (χ2v) is 19.1. The SMILES string of the molecule is C=C(C(=O)NCCSC)C(C)NC(=O)C1[C@H]2C(C)[C@H]2CN1C(=O)C1(C(C)NC(=O)NC(CN(CC)c2c(C(C)(C)C)c(=O)c2=O)C(C)(C)CC)CCCCC1. The van der Waals surface area contributed by atoms with Crippen LogP contribution in [0.5, 0.6) is 0 Å². The Bertz CT molecular complexity index is 1670. The van der Waals surface area contributed by atoms with Gasteiger partial charge in [-0.2, -0.15) is 11.8 Å². The predicted octanol–water partition coefficient (Wildman–Crippen LogP) is 4.48. The van der Waals surface area contributed by atoms with E-state index in [0.29, 0.717) is 56.2 Å². The van der Waals surface area contributed by atoms with Crippen molar-refractivity contribution in [3.05, 3.63) is 38.2 Å². The predicted molar refractivity (Wildman–Crippen MR) is 222 cm³/mol. The van der Waals surface area contributed by atoms with E-state index < -0.39 is 45.8 Å². The first-order chi connectivity index (χ1) is 25.7. The molecule has 1 saturated heterocycles. The molecule has 3 aliphatic rings. The number of thioether (sulfide) groups is 1. The lowest BCUT2D eigenvalue weighted by Crippen LogP contribution is -2.62. The van der Waals surface area contributed by atoms with E-state index in [1.807, 2.05) is 45.8 Å². The molecule has 55 heavy (non-hydrogen) atoms. The van der Waals surface area contributed by atoms with Crippen molar-refractivity contribution in [2.75, 3.05) is 43.1 Å². The highest BCUT2D eigenvalue weighted by Gasteiger charge is 2.64. The Labute approximate surface area is 332 Å². The third-order valence-corrected chi connectivity index (χ3v) is 13.9. The number of carbonyl (C=O) groups is 4. The van der Waals surface area contributed by atoms with E-state index in [1.54, 1.807) is 23.6 Å². The van der Waals surface area contributed by atoms with Gasteiger partial charge in [0.25, 0.3) is 0 Å². The standard InChI is InChI=1S/C42H68N6O6S/c1-13-41(10,11)29(23-47(14-2)33-31(40(7,8)9)34(49)35(33)50)46-39(54)45-27(6)42(18-16-15-17-19-42)38(53)48-22-28-25(4)30(28)32(48)37(52)44-26(5)24(3)36(51)43-20-21-55-12/h25-30,32H,3,13-23H2,1-2,4-12H3,(H,43,51)(H,44,52)(H2,45,46,54)/t25?,26?,27?,28-,29?,30+,32?/m1/s1. The molecule has 12 nitrogen and oxygen atoms in total. The molecule has 5 amide bonds. The van der Waals surface area contributed by atoms with Crippen molar-refractivity contribution in [2.45, 2.75) is 137 Å². The van der Waals surface area contributed by atoms with E-state index in [1.165, 1.54) is 0 Å². The minimum absolute atomic E-state index is 0.0392. The van der Waals surface area contributed by atoms with E-state index in [9.17, 15) is 28.8 Å². The lowest BCUT2D eigenvalue weighted by Gasteiger charge is -2.45. The van der Waals surface area contributed by atoms with E-state index in [-0.39, 0.29) is 46.6 Å². The smallest absolute Gasteiger partial charge is 0.315 e. The summed E-state index contributed by atoms with van der Waals surface area (Å²) in [6.07, 6.45) is 6.58. The summed E-state index contributed by atoms with van der Waals surface area (Å²) < 4.78 is 0. The van der Waals surface area contributed by atoms with Crippen LogP contribution >= 0.6 is 11.8 Å². The van der Waals surface area contributed by atoms with Crippen LogP contribution < -0.4 is 37.0 Å². The van der Waals surface area contributed by atoms with Gasteiger partial charge in [0.1, 0.15) is 6.04 Å². The molecule has 0 aromatic heterocycles. The number of nitrogens with one attached hydrogen (secondary N) is 4. The summed E-state index contributed by atoms with van der Waals surface area (Å²) in [7, 11) is 0. The molecule has 0 spiro atoms. The Kier molecular flexibility index (Phi) is 14.1. The van der Waals surface area contributed by atoms with E-state index in [0.717, 1.165) is 31.4 Å². The minimum atomic E-state index is -0.892. The number of nitrogens with zero attached hydrogens (tertiary/aromatic N) is 2. The van der Waals surface area contributed by atoms with Crippen molar-refractivity contribution in [1.82, 2.24) is 26.2 Å². The normalized spacial score (nSPS) is 23.6. The maximum Gasteiger partial charge on any atom is 0.315 e. The number of amides is 5. The highest BCUT2D eigenvalue weighted by molar-refractivity contribution is 7.98. The van der Waals surface area contributed by atoms with Gasteiger partial charge in [0.05, 0.1) is 23.2 Å². The Hall–Kier alpha value is -3.35. The molecule has 7 atom stereocenters. The second kappa shape index (κ2) is 17.4. The summed E-state index contributed by atoms with van der Waals surface area (Å²) in [5, 5.41) is 12.2. The van der Waals surface area contributed by atoms with Crippen molar-refractivity contribution in [2.24, 2.45) is 28.6 Å². The zero-order valence-corrected chi connectivity index (χ0v) is 36.1. The van der Waals surface area contributed by atoms with Crippen LogP contribution in [0.25, 0.3) is 0 Å². The number of hydrogen-bond acceptors (Lipinski definition) is 8. The van der Waals surface area contributed by atoms with Crippen LogP contribution in [0.4, 0.5) is 10.5 Å². The van der Waals surface area contributed by atoms with Gasteiger partial charge >= 0.3 is 6.03 Å². The zero-order valence-electron chi connectivity index (χ0n) is 35.3. The molecule has 1 aromatic rings. The molecule has 1 aromatic carbocycles. The zero-order chi connectivity index (χ0) is 41.2. The molecule has 308 valence electrons. The first kappa shape index (κ1) is 44.4. The largest absolute Gasteiger partial charge is 0.366 e. The van der Waals surface area contributed by atoms with Gasteiger partial charge in [0.2, 0.25) is 28.6 Å². The molecule has 1 aliphatic heterocycles. The van der Waals surface area contributed by atoms with E-state index >= 15 is 0 Å². The van der Waals surface area contributed by atoms with Crippen molar-refractivity contribution < 1.29 is 19.2 Å². The maximum atomic E-state index is 14.9. The Morgan fingerprint density at radius 1 is 0.982 bits per heavy atom. The number of fused-ring (bicyclic) bond motifs is 1. The van der Waals surface area contributed by atoms with Crippen LogP contribution in [0.3, 0.4) is 0 Å². The van der Waals surface area contributed by atoms with Crippen LogP contribution in [0.1, 0.15) is 113 Å². The molecule has 3 fully saturated rings. The van der Waals surface area contributed by atoms with Crippen molar-refractivity contribution >= 4 is 41.2 Å². The van der Waals surface area contributed by atoms with Gasteiger partial charge in [-0.3, -0.25) is 24.0 Å². The maximum absolute atomic E-state index is 14.9. The van der Waals surface area contributed by atoms with Crippen LogP contribution in [0.15, 0.2) is 21.7 Å². The molecule has 4 rings (SSSR count). The molecule has 2 saturated carbocycles. The number of hydrogen-bond donors (Lipinski definition) is 4. The molecule has 0 bridgehead atoms. The molecule has 5 unspecified atom stereocenters. The summed E-state index contributed by atoms with van der Waals surface area (Å²) in [5.41, 5.74) is -1.45. The van der Waals surface area contributed by atoms with Gasteiger partial charge in [-0.15, -0.1) is 0 Å². The Morgan fingerprint density at radius 2 is 1.62 bits per heavy atom. The van der Waals surface area contributed by atoms with Crippen LogP contribution in [-0.2, 0) is 19.8 Å². The summed E-state index contributed by atoms with van der Waals surface area (Å²) in [6, 6.07) is -2.59. The number of piperidine rings is 1. The van der Waals surface area contributed by atoms with Crippen LogP contribution in [0.2, 0.25) is 0 Å². The van der Waals surface area contributed by atoms with Crippen molar-refractivity contribution in [3.8, 4) is 0 Å². The quantitative estimate of drug-likeness (QED) is 0.102. The first-order valence-corrected chi connectivity index (χ1v) is 21.8. The molecule has 13 heteroatoms. The first-order valence-electron chi connectivity index (χ1n) is 20.4. The molecular formula is C42H68N6O6S. The lowest BCUT2D eigenvalue weighted by molar-refractivity contribution is -0.151. The third-order valence-electron chi connectivity index (χ3n) is 13.3. The van der Waals surface area contributed by atoms with Gasteiger partial charge in [-0.1, -0.05) is 74.3 Å². The van der Waals surface area contributed by atoms with E-state index in [4.69, 9.17) is 0 Å². The highest BCUT2D eigenvalue weighted by atomic mass is 32.2. The summed E-state index contributed by atoms with van der Waals surface area (Å²) in [6.45, 7) is 25.5. The van der Waals surface area contributed by atoms with Gasteiger partial charge in [0.15, 0.2) is 0 Å². The Morgan fingerprint density at radius 3 is 2.18 bits per heavy atom. The number of anilines is 1.